The molecule has 0 amide bonds. The number of amidine groups is 1. The molecule has 0 aromatic rings. The number of nitrogens with two attached hydrogens (primary N) is 1. The average Bonchev–Trinajstić information content (AvgIpc) is 2.37. The van der Waals surface area contributed by atoms with Gasteiger partial charge >= 0.3 is 0 Å². The Labute approximate surface area is 54.9 Å². The van der Waals surface area contributed by atoms with E-state index in [0.717, 1.165) is 25.5 Å². The molecule has 1 atom stereocenters. The highest BCUT2D eigenvalue weighted by Gasteiger charge is 2.18. The van der Waals surface area contributed by atoms with Gasteiger partial charge in [-0.25, -0.2) is 0 Å². The summed E-state index contributed by atoms with van der Waals surface area (Å²) in [5.41, 5.74) is 5.55. The minimum absolute atomic E-state index is 0.384. The Morgan fingerprint density at radius 3 is 3.00 bits per heavy atom. The Morgan fingerprint density at radius 2 is 2.56 bits per heavy atom. The van der Waals surface area contributed by atoms with Crippen LogP contribution in [0, 0.1) is 5.92 Å². The van der Waals surface area contributed by atoms with Gasteiger partial charge in [-0.05, 0) is 6.42 Å². The van der Waals surface area contributed by atoms with Gasteiger partial charge in [-0.2, -0.15) is 0 Å². The highest BCUT2D eigenvalue weighted by Crippen LogP contribution is 2.11. The maximum atomic E-state index is 5.55. The van der Waals surface area contributed by atoms with Crippen molar-refractivity contribution in [3.63, 3.8) is 0 Å². The van der Waals surface area contributed by atoms with E-state index in [1.54, 1.807) is 7.05 Å². The molecular formula is C6H12N2O. The second-order valence-electron chi connectivity index (χ2n) is 2.21. The van der Waals surface area contributed by atoms with Gasteiger partial charge < -0.3 is 10.5 Å². The fourth-order valence-electron chi connectivity index (χ4n) is 0.950. The highest BCUT2D eigenvalue weighted by atomic mass is 16.5. The molecule has 0 spiro atoms. The molecule has 1 heterocycles. The number of ether oxygens (including phenoxy) is 1. The Kier molecular flexibility index (Phi) is 2.05. The largest absolute Gasteiger partial charge is 0.387 e. The molecule has 3 heteroatoms. The Bertz CT molecular complexity index is 116. The van der Waals surface area contributed by atoms with Crippen molar-refractivity contribution in [2.75, 3.05) is 20.3 Å². The summed E-state index contributed by atoms with van der Waals surface area (Å²) < 4.78 is 5.12. The minimum atomic E-state index is 0.384. The first-order chi connectivity index (χ1) is 4.34. The number of nitrogens with zero attached hydrogens (tertiary/aromatic N) is 1. The van der Waals surface area contributed by atoms with Crippen LogP contribution in [0.4, 0.5) is 0 Å². The smallest absolute Gasteiger partial charge is 0.0989 e. The third-order valence-electron chi connectivity index (χ3n) is 1.61. The number of rotatable bonds is 1. The lowest BCUT2D eigenvalue weighted by Gasteiger charge is -2.03. The molecule has 0 radical (unpaired) electrons. The second-order valence-corrected chi connectivity index (χ2v) is 2.21. The summed E-state index contributed by atoms with van der Waals surface area (Å²) >= 11 is 0. The van der Waals surface area contributed by atoms with Gasteiger partial charge in [0, 0.05) is 19.6 Å². The zero-order chi connectivity index (χ0) is 6.69. The van der Waals surface area contributed by atoms with Crippen molar-refractivity contribution in [2.24, 2.45) is 16.6 Å². The number of hydrogen-bond donors (Lipinski definition) is 1. The fraction of sp³-hybridized carbons (Fsp3) is 0.833. The van der Waals surface area contributed by atoms with E-state index in [9.17, 15) is 0 Å². The summed E-state index contributed by atoms with van der Waals surface area (Å²) in [5.74, 6) is 1.11. The predicted molar refractivity (Wildman–Crippen MR) is 36.5 cm³/mol. The van der Waals surface area contributed by atoms with Crippen molar-refractivity contribution in [3.8, 4) is 0 Å². The molecule has 9 heavy (non-hydrogen) atoms. The van der Waals surface area contributed by atoms with E-state index in [0.29, 0.717) is 5.92 Å². The molecule has 2 N–H and O–H groups in total. The zero-order valence-corrected chi connectivity index (χ0v) is 5.63. The topological polar surface area (TPSA) is 47.6 Å². The average molecular weight is 128 g/mol. The molecule has 1 aliphatic heterocycles. The van der Waals surface area contributed by atoms with Crippen molar-refractivity contribution < 1.29 is 4.74 Å². The summed E-state index contributed by atoms with van der Waals surface area (Å²) in [6.45, 7) is 1.59. The lowest BCUT2D eigenvalue weighted by atomic mass is 10.1. The lowest BCUT2D eigenvalue weighted by Crippen LogP contribution is -2.23. The summed E-state index contributed by atoms with van der Waals surface area (Å²) in [4.78, 5) is 3.88. The molecule has 0 bridgehead atoms. The van der Waals surface area contributed by atoms with E-state index in [1.807, 2.05) is 0 Å². The first-order valence-corrected chi connectivity index (χ1v) is 3.14. The van der Waals surface area contributed by atoms with Crippen molar-refractivity contribution in [1.82, 2.24) is 0 Å². The molecule has 1 unspecified atom stereocenters. The van der Waals surface area contributed by atoms with Crippen LogP contribution in [-0.2, 0) is 4.74 Å². The van der Waals surface area contributed by atoms with Gasteiger partial charge in [0.25, 0.3) is 0 Å². The van der Waals surface area contributed by atoms with Crippen molar-refractivity contribution >= 4 is 5.84 Å². The molecule has 52 valence electrons. The van der Waals surface area contributed by atoms with Gasteiger partial charge in [0.15, 0.2) is 0 Å². The van der Waals surface area contributed by atoms with Crippen molar-refractivity contribution in [2.45, 2.75) is 6.42 Å². The summed E-state index contributed by atoms with van der Waals surface area (Å²) in [7, 11) is 1.72. The first-order valence-electron chi connectivity index (χ1n) is 3.14. The third-order valence-corrected chi connectivity index (χ3v) is 1.61. The summed E-state index contributed by atoms with van der Waals surface area (Å²) in [6.07, 6.45) is 1.03. The van der Waals surface area contributed by atoms with Crippen molar-refractivity contribution in [3.05, 3.63) is 0 Å². The molecular weight excluding hydrogens is 116 g/mol. The monoisotopic (exact) mass is 128 g/mol. The molecule has 0 aromatic carbocycles. The quantitative estimate of drug-likeness (QED) is 0.399. The number of hydrogen-bond acceptors (Lipinski definition) is 2. The van der Waals surface area contributed by atoms with E-state index in [2.05, 4.69) is 4.99 Å². The number of aliphatic imine (C=N–C) groups is 1. The summed E-state index contributed by atoms with van der Waals surface area (Å²) in [5, 5.41) is 0. The fourth-order valence-corrected chi connectivity index (χ4v) is 0.950. The molecule has 1 aliphatic rings. The van der Waals surface area contributed by atoms with Gasteiger partial charge in [-0.3, -0.25) is 4.99 Å². The Morgan fingerprint density at radius 1 is 1.78 bits per heavy atom. The second kappa shape index (κ2) is 2.82. The van der Waals surface area contributed by atoms with Gasteiger partial charge in [0.2, 0.25) is 0 Å². The molecule has 0 aromatic heterocycles. The van der Waals surface area contributed by atoms with E-state index < -0.39 is 0 Å². The molecule has 1 rings (SSSR count). The van der Waals surface area contributed by atoms with Crippen molar-refractivity contribution in [1.29, 1.82) is 0 Å². The molecule has 1 fully saturated rings. The van der Waals surface area contributed by atoms with Crippen LogP contribution >= 0.6 is 0 Å². The van der Waals surface area contributed by atoms with E-state index in [-0.39, 0.29) is 0 Å². The molecule has 3 nitrogen and oxygen atoms in total. The Hall–Kier alpha value is -0.570. The third kappa shape index (κ3) is 1.42. The normalized spacial score (nSPS) is 29.0. The minimum Gasteiger partial charge on any atom is -0.387 e. The van der Waals surface area contributed by atoms with Crippen LogP contribution in [0.5, 0.6) is 0 Å². The zero-order valence-electron chi connectivity index (χ0n) is 5.63. The first kappa shape index (κ1) is 6.55. The molecule has 1 saturated heterocycles. The maximum absolute atomic E-state index is 5.55. The van der Waals surface area contributed by atoms with Gasteiger partial charge in [-0.1, -0.05) is 0 Å². The van der Waals surface area contributed by atoms with Gasteiger partial charge in [0.05, 0.1) is 12.4 Å². The van der Waals surface area contributed by atoms with E-state index in [1.165, 1.54) is 0 Å². The standard InChI is InChI=1S/C6H12N2O/c1-8-6(7)5-2-3-9-4-5/h5H,2-4H2,1H3,(H2,7,8). The lowest BCUT2D eigenvalue weighted by molar-refractivity contribution is 0.193. The van der Waals surface area contributed by atoms with E-state index in [4.69, 9.17) is 10.5 Å². The van der Waals surface area contributed by atoms with Gasteiger partial charge in [0.1, 0.15) is 0 Å². The highest BCUT2D eigenvalue weighted by molar-refractivity contribution is 5.82. The summed E-state index contributed by atoms with van der Waals surface area (Å²) in [6, 6.07) is 0. The maximum Gasteiger partial charge on any atom is 0.0989 e. The SMILES string of the molecule is CN=C(N)C1CCOC1. The van der Waals surface area contributed by atoms with Crippen LogP contribution in [-0.4, -0.2) is 26.1 Å². The Balaban J connectivity index is 2.42. The van der Waals surface area contributed by atoms with Crippen LogP contribution in [0.3, 0.4) is 0 Å². The molecule has 0 aliphatic carbocycles. The van der Waals surface area contributed by atoms with Crippen LogP contribution in [0.2, 0.25) is 0 Å². The van der Waals surface area contributed by atoms with Crippen LogP contribution in [0.1, 0.15) is 6.42 Å². The molecule has 0 saturated carbocycles. The predicted octanol–water partition coefficient (Wildman–Crippen LogP) is 0.00990. The van der Waals surface area contributed by atoms with Crippen LogP contribution in [0.15, 0.2) is 4.99 Å². The van der Waals surface area contributed by atoms with Gasteiger partial charge in [-0.15, -0.1) is 0 Å². The van der Waals surface area contributed by atoms with Crippen LogP contribution < -0.4 is 5.73 Å². The van der Waals surface area contributed by atoms with E-state index >= 15 is 0 Å². The van der Waals surface area contributed by atoms with Crippen LogP contribution in [0.25, 0.3) is 0 Å².